The summed E-state index contributed by atoms with van der Waals surface area (Å²) in [6.07, 6.45) is 7.43. The van der Waals surface area contributed by atoms with Gasteiger partial charge < -0.3 is 19.1 Å². The third kappa shape index (κ3) is 8.15. The number of pyridine rings is 1. The molecular formula is C41H51F2N3O9S. The van der Waals surface area contributed by atoms with Gasteiger partial charge in [0, 0.05) is 36.5 Å². The van der Waals surface area contributed by atoms with Crippen molar-refractivity contribution < 1.29 is 50.6 Å². The molecule has 1 N–H and O–H groups in total. The zero-order valence-electron chi connectivity index (χ0n) is 32.4. The summed E-state index contributed by atoms with van der Waals surface area (Å²) in [5.41, 5.74) is -1.52. The van der Waals surface area contributed by atoms with Gasteiger partial charge in [0.15, 0.2) is 5.78 Å². The Balaban J connectivity index is 1.21. The van der Waals surface area contributed by atoms with Gasteiger partial charge in [-0.25, -0.2) is 26.9 Å². The molecule has 12 nitrogen and oxygen atoms in total. The Morgan fingerprint density at radius 1 is 1.09 bits per heavy atom. The molecule has 7 atom stereocenters. The van der Waals surface area contributed by atoms with E-state index in [4.69, 9.17) is 14.2 Å². The van der Waals surface area contributed by atoms with Gasteiger partial charge in [-0.15, -0.1) is 0 Å². The number of nitrogens with zero attached hydrogens (tertiary/aromatic N) is 2. The Bertz CT molecular complexity index is 2050. The molecule has 0 spiro atoms. The van der Waals surface area contributed by atoms with Gasteiger partial charge in [0.05, 0.1) is 55.6 Å². The van der Waals surface area contributed by atoms with Crippen LogP contribution in [0.2, 0.25) is 0 Å². The number of fused-ring (bicyclic) bond motifs is 3. The molecule has 15 heteroatoms. The molecular weight excluding hydrogens is 749 g/mol. The number of Topliss-reactive ketones (excluding diaryl/α,β-unsaturated/α-hetero) is 1. The molecule has 304 valence electrons. The van der Waals surface area contributed by atoms with Gasteiger partial charge in [0.2, 0.25) is 22.7 Å². The van der Waals surface area contributed by atoms with Gasteiger partial charge in [0.1, 0.15) is 17.7 Å². The van der Waals surface area contributed by atoms with Crippen molar-refractivity contribution in [2.45, 2.75) is 109 Å². The Hall–Kier alpha value is -4.14. The minimum absolute atomic E-state index is 0.0144. The second-order valence-electron chi connectivity index (χ2n) is 17.3. The second-order valence-corrected chi connectivity index (χ2v) is 19.3. The molecule has 2 aromatic rings. The standard InChI is InChI=1S/C41H51F2N3O9S/c1-24-7-5-6-8-26-19-40(26,38(50)45-56(51,52)41(43)13-14-41)20-33(47)32-17-28(55-36-31-16-27(42)9-10-29(31)34(53-4)21-44-36)22-46(32)37(49)30(25(2)15-24)18-35(48)54-23-39(3)11-12-39/h6,8-10,16,21,24-26,28,30,32H,5,7,11-15,17-20,22-23H2,1-4H3,(H,45,50)/b8-6-/t24-,25-,26-,28-,30+,32+,40-/m1/s1. The number of carbonyl (C=O) groups is 4. The Morgan fingerprint density at radius 2 is 1.84 bits per heavy atom. The van der Waals surface area contributed by atoms with Gasteiger partial charge in [-0.2, -0.15) is 0 Å². The number of amides is 2. The summed E-state index contributed by atoms with van der Waals surface area (Å²) in [6.45, 7) is 6.23. The number of ketones is 1. The fourth-order valence-electron chi connectivity index (χ4n) is 8.41. The van der Waals surface area contributed by atoms with Crippen molar-refractivity contribution in [3.63, 3.8) is 0 Å². The quantitative estimate of drug-likeness (QED) is 0.225. The van der Waals surface area contributed by atoms with Crippen LogP contribution < -0.4 is 14.2 Å². The monoisotopic (exact) mass is 799 g/mol. The highest BCUT2D eigenvalue weighted by atomic mass is 32.2. The fourth-order valence-corrected chi connectivity index (χ4v) is 9.68. The van der Waals surface area contributed by atoms with Gasteiger partial charge >= 0.3 is 5.97 Å². The Labute approximate surface area is 326 Å². The normalized spacial score (nSPS) is 31.6. The van der Waals surface area contributed by atoms with Crippen LogP contribution in [0.1, 0.15) is 91.4 Å². The van der Waals surface area contributed by atoms with Gasteiger partial charge in [0.25, 0.3) is 10.0 Å². The van der Waals surface area contributed by atoms with Crippen molar-refractivity contribution in [2.24, 2.45) is 34.5 Å². The van der Waals surface area contributed by atoms with Crippen molar-refractivity contribution in [1.82, 2.24) is 14.6 Å². The highest BCUT2D eigenvalue weighted by Gasteiger charge is 2.64. The molecule has 1 aromatic carbocycles. The maximum atomic E-state index is 14.8. The summed E-state index contributed by atoms with van der Waals surface area (Å²) in [4.78, 5) is 62.4. The summed E-state index contributed by atoms with van der Waals surface area (Å²) >= 11 is 0. The van der Waals surface area contributed by atoms with E-state index in [0.717, 1.165) is 19.3 Å². The number of halogens is 2. The first-order chi connectivity index (χ1) is 26.5. The molecule has 0 unspecified atom stereocenters. The number of rotatable bonds is 10. The van der Waals surface area contributed by atoms with Crippen molar-refractivity contribution in [3.8, 4) is 11.6 Å². The number of nitrogens with one attached hydrogen (secondary N) is 1. The Morgan fingerprint density at radius 3 is 2.54 bits per heavy atom. The number of ether oxygens (including phenoxy) is 3. The number of benzene rings is 1. The lowest BCUT2D eigenvalue weighted by Crippen LogP contribution is -2.48. The molecule has 4 fully saturated rings. The van der Waals surface area contributed by atoms with Crippen LogP contribution in [0, 0.1) is 40.3 Å². The van der Waals surface area contributed by atoms with Crippen molar-refractivity contribution in [2.75, 3.05) is 20.3 Å². The van der Waals surface area contributed by atoms with E-state index in [1.165, 1.54) is 30.3 Å². The molecule has 2 amide bonds. The molecule has 3 saturated carbocycles. The van der Waals surface area contributed by atoms with Crippen LogP contribution >= 0.6 is 0 Å². The highest BCUT2D eigenvalue weighted by molar-refractivity contribution is 7.91. The number of carbonyl (C=O) groups excluding carboxylic acids is 4. The van der Waals surface area contributed by atoms with Crippen LogP contribution in [0.4, 0.5) is 8.78 Å². The molecule has 56 heavy (non-hydrogen) atoms. The molecule has 7 rings (SSSR count). The molecule has 0 radical (unpaired) electrons. The van der Waals surface area contributed by atoms with E-state index in [0.29, 0.717) is 29.4 Å². The summed E-state index contributed by atoms with van der Waals surface area (Å²) < 4.78 is 74.4. The van der Waals surface area contributed by atoms with E-state index in [1.807, 2.05) is 30.7 Å². The zero-order valence-corrected chi connectivity index (χ0v) is 33.2. The number of aromatic nitrogens is 1. The molecule has 1 saturated heterocycles. The number of hydrogen-bond acceptors (Lipinski definition) is 10. The smallest absolute Gasteiger partial charge is 0.306 e. The van der Waals surface area contributed by atoms with Crippen LogP contribution in [-0.4, -0.2) is 79.3 Å². The lowest BCUT2D eigenvalue weighted by Gasteiger charge is -2.32. The number of sulfonamides is 1. The van der Waals surface area contributed by atoms with Crippen molar-refractivity contribution in [1.29, 1.82) is 0 Å². The van der Waals surface area contributed by atoms with Crippen LogP contribution in [0.3, 0.4) is 0 Å². The minimum Gasteiger partial charge on any atom is -0.494 e. The number of esters is 1. The van der Waals surface area contributed by atoms with Gasteiger partial charge in [-0.05, 0) is 74.5 Å². The second kappa shape index (κ2) is 15.0. The lowest BCUT2D eigenvalue weighted by molar-refractivity contribution is -0.152. The number of alkyl halides is 1. The largest absolute Gasteiger partial charge is 0.494 e. The maximum absolute atomic E-state index is 14.8. The molecule has 3 heterocycles. The third-order valence-corrected chi connectivity index (χ3v) is 14.5. The number of methoxy groups -OCH3 is 1. The number of hydrogen-bond donors (Lipinski definition) is 1. The third-order valence-electron chi connectivity index (χ3n) is 12.7. The van der Waals surface area contributed by atoms with Crippen LogP contribution in [-0.2, 0) is 33.9 Å². The topological polar surface area (TPSA) is 158 Å². The van der Waals surface area contributed by atoms with Crippen LogP contribution in [0.5, 0.6) is 11.6 Å². The summed E-state index contributed by atoms with van der Waals surface area (Å²) in [7, 11) is -3.18. The lowest BCUT2D eigenvalue weighted by atomic mass is 9.82. The molecule has 5 aliphatic rings. The molecule has 0 bridgehead atoms. The fraction of sp³-hybridized carbons (Fsp3) is 0.634. The molecule has 1 aromatic heterocycles. The van der Waals surface area contributed by atoms with Crippen LogP contribution in [0.15, 0.2) is 36.5 Å². The van der Waals surface area contributed by atoms with E-state index in [2.05, 4.69) is 11.9 Å². The van der Waals surface area contributed by atoms with Crippen LogP contribution in [0.25, 0.3) is 10.8 Å². The average Bonchev–Trinajstić information content (AvgIpc) is 4.11. The SMILES string of the molecule is COc1cnc(O[C@@H]2C[C@H]3C(=O)C[C@]4(C(=O)NS(=O)(=O)C5(F)CC5)C[C@H]4/C=C\CC[C@@H](C)C[C@@H](C)[C@H](CC(=O)OCC4(C)CC4)C(=O)N3C2)c2cc(F)ccc12. The first kappa shape index (κ1) is 40.1. The molecule has 2 aliphatic heterocycles. The van der Waals surface area contributed by atoms with Crippen molar-refractivity contribution in [3.05, 3.63) is 42.4 Å². The zero-order chi connectivity index (χ0) is 40.2. The van der Waals surface area contributed by atoms with E-state index in [-0.39, 0.29) is 68.4 Å². The van der Waals surface area contributed by atoms with Gasteiger partial charge in [-0.1, -0.05) is 32.9 Å². The number of allylic oxidation sites excluding steroid dienone is 2. The van der Waals surface area contributed by atoms with E-state index < -0.39 is 80.2 Å². The maximum Gasteiger partial charge on any atom is 0.306 e. The van der Waals surface area contributed by atoms with E-state index in [1.54, 1.807) is 6.07 Å². The minimum atomic E-state index is -4.64. The summed E-state index contributed by atoms with van der Waals surface area (Å²) in [6, 6.07) is 2.97. The van der Waals surface area contributed by atoms with Crippen molar-refractivity contribution >= 4 is 44.4 Å². The highest BCUT2D eigenvalue weighted by Crippen LogP contribution is 2.58. The predicted molar refractivity (Wildman–Crippen MR) is 201 cm³/mol. The molecule has 3 aliphatic carbocycles. The average molecular weight is 800 g/mol. The Kier molecular flexibility index (Phi) is 10.7. The van der Waals surface area contributed by atoms with Gasteiger partial charge in [-0.3, -0.25) is 19.2 Å². The summed E-state index contributed by atoms with van der Waals surface area (Å²) in [5, 5.41) is -1.66. The summed E-state index contributed by atoms with van der Waals surface area (Å²) in [5.74, 6) is -3.88. The predicted octanol–water partition coefficient (Wildman–Crippen LogP) is 5.96. The first-order valence-corrected chi connectivity index (χ1v) is 21.1. The first-order valence-electron chi connectivity index (χ1n) is 19.7. The van der Waals surface area contributed by atoms with E-state index in [9.17, 15) is 36.4 Å². The van der Waals surface area contributed by atoms with E-state index >= 15 is 0 Å².